The summed E-state index contributed by atoms with van der Waals surface area (Å²) in [4.78, 5) is 11.5. The lowest BCUT2D eigenvalue weighted by atomic mass is 9.82. The average Bonchev–Trinajstić information content (AvgIpc) is 2.68. The number of hydrogen-bond donors (Lipinski definition) is 2. The summed E-state index contributed by atoms with van der Waals surface area (Å²) in [7, 11) is 0. The molecule has 1 aliphatic rings. The zero-order valence-electron chi connectivity index (χ0n) is 11.7. The van der Waals surface area contributed by atoms with Gasteiger partial charge in [-0.05, 0) is 38.7 Å². The van der Waals surface area contributed by atoms with Gasteiger partial charge in [0, 0.05) is 17.5 Å². The number of thiophene rings is 1. The first-order valence-corrected chi connectivity index (χ1v) is 7.76. The first kappa shape index (κ1) is 12.7. The number of fused-ring (bicyclic) bond motifs is 1. The molecule has 0 aromatic carbocycles. The first-order chi connectivity index (χ1) is 9.15. The highest BCUT2D eigenvalue weighted by Crippen LogP contribution is 2.34. The molecule has 2 aromatic rings. The topological polar surface area (TPSA) is 49.8 Å². The lowest BCUT2D eigenvalue weighted by Gasteiger charge is -2.33. The normalized spacial score (nSPS) is 22.3. The van der Waals surface area contributed by atoms with Gasteiger partial charge in [-0.1, -0.05) is 6.92 Å². The van der Waals surface area contributed by atoms with Gasteiger partial charge in [-0.15, -0.1) is 11.3 Å². The number of aryl methyl sites for hydroxylation is 1. The summed E-state index contributed by atoms with van der Waals surface area (Å²) in [5, 5.41) is 7.95. The first-order valence-electron chi connectivity index (χ1n) is 6.94. The van der Waals surface area contributed by atoms with Crippen LogP contribution in [-0.2, 0) is 0 Å². The van der Waals surface area contributed by atoms with Crippen LogP contribution >= 0.6 is 11.3 Å². The smallest absolute Gasteiger partial charge is 0.226 e. The number of anilines is 2. The van der Waals surface area contributed by atoms with E-state index < -0.39 is 0 Å². The summed E-state index contributed by atoms with van der Waals surface area (Å²) in [6.07, 6.45) is 2.48. The van der Waals surface area contributed by atoms with Gasteiger partial charge in [0.15, 0.2) is 0 Å². The Labute approximate surface area is 117 Å². The molecule has 4 nitrogen and oxygen atoms in total. The minimum atomic E-state index is 0.572. The maximum Gasteiger partial charge on any atom is 0.226 e. The molecule has 0 aliphatic heterocycles. The van der Waals surface area contributed by atoms with Gasteiger partial charge in [0.05, 0.1) is 5.39 Å². The number of nitrogens with one attached hydrogen (secondary N) is 2. The molecule has 0 spiro atoms. The Balaban J connectivity index is 1.94. The standard InChI is InChI=1S/C14H20N4S/c1-4-15-14-17-12(16-10-5-8(2)6-10)11-7-9(3)19-13(11)18-14/h7-8,10H,4-6H2,1-3H3,(H2,15,16,17,18). The highest BCUT2D eigenvalue weighted by atomic mass is 32.1. The Morgan fingerprint density at radius 2 is 2.16 bits per heavy atom. The van der Waals surface area contributed by atoms with Crippen LogP contribution in [0.4, 0.5) is 11.8 Å². The molecule has 1 saturated carbocycles. The second-order valence-corrected chi connectivity index (χ2v) is 6.65. The van der Waals surface area contributed by atoms with Crippen molar-refractivity contribution in [2.75, 3.05) is 17.2 Å². The second kappa shape index (κ2) is 4.96. The van der Waals surface area contributed by atoms with E-state index >= 15 is 0 Å². The molecule has 0 amide bonds. The number of rotatable bonds is 4. The fourth-order valence-corrected chi connectivity index (χ4v) is 3.48. The summed E-state index contributed by atoms with van der Waals surface area (Å²) in [6, 6.07) is 2.75. The van der Waals surface area contributed by atoms with Gasteiger partial charge in [-0.2, -0.15) is 4.98 Å². The van der Waals surface area contributed by atoms with Crippen molar-refractivity contribution in [2.24, 2.45) is 5.92 Å². The molecule has 102 valence electrons. The molecule has 1 fully saturated rings. The zero-order chi connectivity index (χ0) is 13.4. The predicted molar refractivity (Wildman–Crippen MR) is 82.1 cm³/mol. The van der Waals surface area contributed by atoms with E-state index in [1.54, 1.807) is 11.3 Å². The Morgan fingerprint density at radius 1 is 1.37 bits per heavy atom. The Kier molecular flexibility index (Phi) is 3.31. The van der Waals surface area contributed by atoms with E-state index in [9.17, 15) is 0 Å². The monoisotopic (exact) mass is 276 g/mol. The third-order valence-electron chi connectivity index (χ3n) is 3.57. The van der Waals surface area contributed by atoms with Crippen LogP contribution in [0.2, 0.25) is 0 Å². The van der Waals surface area contributed by atoms with Crippen molar-refractivity contribution in [1.29, 1.82) is 0 Å². The molecule has 2 heterocycles. The highest BCUT2D eigenvalue weighted by Gasteiger charge is 2.26. The lowest BCUT2D eigenvalue weighted by Crippen LogP contribution is -2.34. The Hall–Kier alpha value is -1.36. The van der Waals surface area contributed by atoms with Crippen molar-refractivity contribution in [3.8, 4) is 0 Å². The molecule has 5 heteroatoms. The van der Waals surface area contributed by atoms with Crippen molar-refractivity contribution < 1.29 is 0 Å². The van der Waals surface area contributed by atoms with Gasteiger partial charge in [-0.3, -0.25) is 0 Å². The molecule has 1 aliphatic carbocycles. The van der Waals surface area contributed by atoms with Crippen LogP contribution in [0.25, 0.3) is 10.2 Å². The minimum Gasteiger partial charge on any atom is -0.367 e. The van der Waals surface area contributed by atoms with Crippen LogP contribution in [0.5, 0.6) is 0 Å². The van der Waals surface area contributed by atoms with Crippen molar-refractivity contribution >= 4 is 33.3 Å². The molecular weight excluding hydrogens is 256 g/mol. The SMILES string of the molecule is CCNc1nc(NC2CC(C)C2)c2cc(C)sc2n1. The fraction of sp³-hybridized carbons (Fsp3) is 0.571. The van der Waals surface area contributed by atoms with E-state index in [1.165, 1.54) is 17.7 Å². The maximum atomic E-state index is 4.62. The quantitative estimate of drug-likeness (QED) is 0.895. The minimum absolute atomic E-state index is 0.572. The largest absolute Gasteiger partial charge is 0.367 e. The molecule has 19 heavy (non-hydrogen) atoms. The van der Waals surface area contributed by atoms with Crippen LogP contribution in [0, 0.1) is 12.8 Å². The zero-order valence-corrected chi connectivity index (χ0v) is 12.5. The summed E-state index contributed by atoms with van der Waals surface area (Å²) in [5.74, 6) is 2.56. The third kappa shape index (κ3) is 2.52. The molecule has 0 atom stereocenters. The van der Waals surface area contributed by atoms with E-state index in [1.807, 2.05) is 0 Å². The van der Waals surface area contributed by atoms with E-state index in [-0.39, 0.29) is 0 Å². The molecule has 2 aromatic heterocycles. The van der Waals surface area contributed by atoms with E-state index in [0.717, 1.165) is 34.4 Å². The van der Waals surface area contributed by atoms with Crippen LogP contribution in [0.15, 0.2) is 6.07 Å². The summed E-state index contributed by atoms with van der Waals surface area (Å²) in [6.45, 7) is 7.32. The highest BCUT2D eigenvalue weighted by molar-refractivity contribution is 7.18. The number of nitrogens with zero attached hydrogens (tertiary/aromatic N) is 2. The number of aromatic nitrogens is 2. The maximum absolute atomic E-state index is 4.62. The Bertz CT molecular complexity index is 586. The summed E-state index contributed by atoms with van der Waals surface area (Å²) in [5.41, 5.74) is 0. The molecule has 0 saturated heterocycles. The van der Waals surface area contributed by atoms with Gasteiger partial charge in [0.25, 0.3) is 0 Å². The van der Waals surface area contributed by atoms with Gasteiger partial charge in [0.1, 0.15) is 10.6 Å². The molecule has 0 radical (unpaired) electrons. The second-order valence-electron chi connectivity index (χ2n) is 5.42. The lowest BCUT2D eigenvalue weighted by molar-refractivity contribution is 0.309. The van der Waals surface area contributed by atoms with Crippen LogP contribution < -0.4 is 10.6 Å². The van der Waals surface area contributed by atoms with Crippen LogP contribution in [0.3, 0.4) is 0 Å². The molecule has 2 N–H and O–H groups in total. The fourth-order valence-electron chi connectivity index (χ4n) is 2.60. The van der Waals surface area contributed by atoms with E-state index in [2.05, 4.69) is 47.4 Å². The third-order valence-corrected chi connectivity index (χ3v) is 4.51. The average molecular weight is 276 g/mol. The molecule has 0 unspecified atom stereocenters. The van der Waals surface area contributed by atoms with Crippen molar-refractivity contribution in [3.05, 3.63) is 10.9 Å². The molecule has 0 bridgehead atoms. The van der Waals surface area contributed by atoms with Crippen molar-refractivity contribution in [1.82, 2.24) is 9.97 Å². The summed E-state index contributed by atoms with van der Waals surface area (Å²) >= 11 is 1.73. The summed E-state index contributed by atoms with van der Waals surface area (Å²) < 4.78 is 0. The van der Waals surface area contributed by atoms with Crippen LogP contribution in [-0.4, -0.2) is 22.6 Å². The van der Waals surface area contributed by atoms with Gasteiger partial charge < -0.3 is 10.6 Å². The van der Waals surface area contributed by atoms with Crippen molar-refractivity contribution in [3.63, 3.8) is 0 Å². The molecular formula is C14H20N4S. The molecule has 3 rings (SSSR count). The van der Waals surface area contributed by atoms with Gasteiger partial charge in [0.2, 0.25) is 5.95 Å². The number of hydrogen-bond acceptors (Lipinski definition) is 5. The van der Waals surface area contributed by atoms with E-state index in [4.69, 9.17) is 0 Å². The predicted octanol–water partition coefficient (Wildman–Crippen LogP) is 3.64. The Morgan fingerprint density at radius 3 is 2.84 bits per heavy atom. The van der Waals surface area contributed by atoms with Crippen molar-refractivity contribution in [2.45, 2.75) is 39.7 Å². The van der Waals surface area contributed by atoms with Gasteiger partial charge >= 0.3 is 0 Å². The van der Waals surface area contributed by atoms with Gasteiger partial charge in [-0.25, -0.2) is 4.98 Å². The van der Waals surface area contributed by atoms with Crippen LogP contribution in [0.1, 0.15) is 31.6 Å². The van der Waals surface area contributed by atoms with E-state index in [0.29, 0.717) is 6.04 Å².